The zero-order valence-electron chi connectivity index (χ0n) is 15.7. The Labute approximate surface area is 157 Å². The van der Waals surface area contributed by atoms with E-state index in [9.17, 15) is 0 Å². The first-order chi connectivity index (χ1) is 13.2. The van der Waals surface area contributed by atoms with E-state index in [4.69, 9.17) is 9.51 Å². The summed E-state index contributed by atoms with van der Waals surface area (Å²) < 4.78 is 7.27. The Morgan fingerprint density at radius 3 is 2.44 bits per heavy atom. The molecule has 3 aromatic rings. The lowest BCUT2D eigenvalue weighted by Crippen LogP contribution is -2.34. The van der Waals surface area contributed by atoms with E-state index >= 15 is 0 Å². The van der Waals surface area contributed by atoms with E-state index < -0.39 is 0 Å². The molecular weight excluding hydrogens is 342 g/mol. The summed E-state index contributed by atoms with van der Waals surface area (Å²) in [6.45, 7) is 5.83. The fraction of sp³-hybridized carbons (Fsp3) is 0.526. The van der Waals surface area contributed by atoms with Crippen molar-refractivity contribution < 1.29 is 4.52 Å². The van der Waals surface area contributed by atoms with Gasteiger partial charge in [-0.15, -0.1) is 0 Å². The molecule has 27 heavy (non-hydrogen) atoms. The molecule has 0 bridgehead atoms. The van der Waals surface area contributed by atoms with Crippen LogP contribution >= 0.6 is 0 Å². The smallest absolute Gasteiger partial charge is 0.229 e. The highest BCUT2D eigenvalue weighted by atomic mass is 16.5. The predicted molar refractivity (Wildman–Crippen MR) is 99.1 cm³/mol. The molecule has 1 aliphatic heterocycles. The van der Waals surface area contributed by atoms with Gasteiger partial charge in [0.15, 0.2) is 11.6 Å². The van der Waals surface area contributed by atoms with E-state index in [1.807, 2.05) is 30.8 Å². The van der Waals surface area contributed by atoms with Crippen LogP contribution in [0.3, 0.4) is 0 Å². The molecule has 1 aliphatic carbocycles. The van der Waals surface area contributed by atoms with E-state index in [1.54, 1.807) is 6.20 Å². The van der Waals surface area contributed by atoms with Crippen molar-refractivity contribution in [3.63, 3.8) is 0 Å². The molecule has 3 aromatic heterocycles. The van der Waals surface area contributed by atoms with Crippen LogP contribution in [0, 0.1) is 13.8 Å². The molecule has 0 radical (unpaired) electrons. The summed E-state index contributed by atoms with van der Waals surface area (Å²) in [6, 6.07) is 2.04. The van der Waals surface area contributed by atoms with Gasteiger partial charge in [-0.05, 0) is 45.6 Å². The molecule has 8 nitrogen and oxygen atoms in total. The van der Waals surface area contributed by atoms with Crippen molar-refractivity contribution >= 4 is 5.82 Å². The first-order valence-corrected chi connectivity index (χ1v) is 9.61. The number of hydrogen-bond acceptors (Lipinski definition) is 7. The first kappa shape index (κ1) is 16.4. The molecule has 0 aromatic carbocycles. The third kappa shape index (κ3) is 3.20. The maximum Gasteiger partial charge on any atom is 0.229 e. The van der Waals surface area contributed by atoms with Crippen molar-refractivity contribution in [1.82, 2.24) is 29.9 Å². The highest BCUT2D eigenvalue weighted by molar-refractivity contribution is 5.40. The second kappa shape index (κ2) is 6.44. The molecule has 2 aliphatic rings. The summed E-state index contributed by atoms with van der Waals surface area (Å²) in [5, 5.41) is 8.73. The van der Waals surface area contributed by atoms with Gasteiger partial charge in [0.05, 0.1) is 18.1 Å². The van der Waals surface area contributed by atoms with E-state index in [-0.39, 0.29) is 0 Å². The molecule has 5 rings (SSSR count). The fourth-order valence-corrected chi connectivity index (χ4v) is 3.74. The van der Waals surface area contributed by atoms with Crippen LogP contribution in [-0.4, -0.2) is 43.0 Å². The van der Waals surface area contributed by atoms with E-state index in [2.05, 4.69) is 25.1 Å². The molecule has 0 spiro atoms. The molecule has 0 unspecified atom stereocenters. The van der Waals surface area contributed by atoms with Crippen LogP contribution in [0.1, 0.15) is 60.6 Å². The van der Waals surface area contributed by atoms with Crippen LogP contribution in [0.2, 0.25) is 0 Å². The minimum atomic E-state index is 0.365. The lowest BCUT2D eigenvalue weighted by Gasteiger charge is -2.31. The molecule has 4 heterocycles. The van der Waals surface area contributed by atoms with Gasteiger partial charge < -0.3 is 9.42 Å². The van der Waals surface area contributed by atoms with Crippen molar-refractivity contribution in [1.29, 1.82) is 0 Å². The number of nitrogens with zero attached hydrogens (tertiary/aromatic N) is 7. The Balaban J connectivity index is 1.29. The summed E-state index contributed by atoms with van der Waals surface area (Å²) >= 11 is 0. The average molecular weight is 365 g/mol. The summed E-state index contributed by atoms with van der Waals surface area (Å²) in [5.74, 6) is 4.23. The quantitative estimate of drug-likeness (QED) is 0.702. The molecule has 1 saturated carbocycles. The SMILES string of the molecule is Cc1cc(C)n(-c2cncc(N3CCC(c4noc(C5CC5)n4)CC3)n2)n1. The molecule has 2 fully saturated rings. The third-order valence-corrected chi connectivity index (χ3v) is 5.40. The van der Waals surface area contributed by atoms with Crippen LogP contribution < -0.4 is 4.90 Å². The summed E-state index contributed by atoms with van der Waals surface area (Å²) in [6.07, 6.45) is 7.95. The standard InChI is InChI=1S/C19H23N7O/c1-12-9-13(2)26(23-12)17-11-20-10-16(21-17)25-7-5-14(6-8-25)18-22-19(27-24-18)15-3-4-15/h9-11,14-15H,3-8H2,1-2H3. The Hall–Kier alpha value is -2.77. The van der Waals surface area contributed by atoms with E-state index in [0.29, 0.717) is 11.8 Å². The Morgan fingerprint density at radius 2 is 1.74 bits per heavy atom. The zero-order chi connectivity index (χ0) is 18.4. The van der Waals surface area contributed by atoms with E-state index in [1.165, 1.54) is 12.8 Å². The highest BCUT2D eigenvalue weighted by Gasteiger charge is 2.32. The van der Waals surface area contributed by atoms with Crippen LogP contribution in [0.4, 0.5) is 5.82 Å². The number of anilines is 1. The van der Waals surface area contributed by atoms with Crippen molar-refractivity contribution in [2.45, 2.75) is 51.4 Å². The number of rotatable bonds is 4. The Bertz CT molecular complexity index is 951. The monoisotopic (exact) mass is 365 g/mol. The molecule has 0 atom stereocenters. The molecule has 0 N–H and O–H groups in total. The van der Waals surface area contributed by atoms with Gasteiger partial charge in [0.25, 0.3) is 0 Å². The summed E-state index contributed by atoms with van der Waals surface area (Å²) in [4.78, 5) is 16.1. The molecule has 0 amide bonds. The van der Waals surface area contributed by atoms with Crippen molar-refractivity contribution in [2.75, 3.05) is 18.0 Å². The maximum absolute atomic E-state index is 5.42. The van der Waals surface area contributed by atoms with Crippen LogP contribution in [0.25, 0.3) is 5.82 Å². The topological polar surface area (TPSA) is 85.8 Å². The Morgan fingerprint density at radius 1 is 0.963 bits per heavy atom. The minimum Gasteiger partial charge on any atom is -0.355 e. The van der Waals surface area contributed by atoms with Gasteiger partial charge in [0, 0.05) is 30.6 Å². The van der Waals surface area contributed by atoms with E-state index in [0.717, 1.165) is 60.7 Å². The lowest BCUT2D eigenvalue weighted by atomic mass is 9.96. The normalized spacial score (nSPS) is 18.2. The maximum atomic E-state index is 5.42. The summed E-state index contributed by atoms with van der Waals surface area (Å²) in [7, 11) is 0. The van der Waals surface area contributed by atoms with Crippen LogP contribution in [0.15, 0.2) is 23.0 Å². The van der Waals surface area contributed by atoms with Gasteiger partial charge in [-0.2, -0.15) is 10.1 Å². The van der Waals surface area contributed by atoms with Gasteiger partial charge in [-0.3, -0.25) is 4.98 Å². The van der Waals surface area contributed by atoms with Crippen LogP contribution in [-0.2, 0) is 0 Å². The fourth-order valence-electron chi connectivity index (χ4n) is 3.74. The minimum absolute atomic E-state index is 0.365. The van der Waals surface area contributed by atoms with Crippen LogP contribution in [0.5, 0.6) is 0 Å². The first-order valence-electron chi connectivity index (χ1n) is 9.61. The van der Waals surface area contributed by atoms with Gasteiger partial charge in [-0.25, -0.2) is 9.67 Å². The highest BCUT2D eigenvalue weighted by Crippen LogP contribution is 2.40. The van der Waals surface area contributed by atoms with Gasteiger partial charge in [-0.1, -0.05) is 5.16 Å². The second-order valence-electron chi connectivity index (χ2n) is 7.60. The van der Waals surface area contributed by atoms with Gasteiger partial charge >= 0.3 is 0 Å². The zero-order valence-corrected chi connectivity index (χ0v) is 15.7. The lowest BCUT2D eigenvalue weighted by molar-refractivity contribution is 0.364. The van der Waals surface area contributed by atoms with Gasteiger partial charge in [0.2, 0.25) is 5.89 Å². The number of piperidine rings is 1. The number of aryl methyl sites for hydroxylation is 2. The molecular formula is C19H23N7O. The molecule has 140 valence electrons. The van der Waals surface area contributed by atoms with Crippen molar-refractivity contribution in [3.05, 3.63) is 41.6 Å². The average Bonchev–Trinajstić information content (AvgIpc) is 3.32. The number of aromatic nitrogens is 6. The van der Waals surface area contributed by atoms with Crippen molar-refractivity contribution in [2.24, 2.45) is 0 Å². The summed E-state index contributed by atoms with van der Waals surface area (Å²) in [5.41, 5.74) is 2.03. The largest absolute Gasteiger partial charge is 0.355 e. The molecule has 8 heteroatoms. The molecule has 1 saturated heterocycles. The Kier molecular flexibility index (Phi) is 3.91. The predicted octanol–water partition coefficient (Wildman–Crippen LogP) is 2.92. The number of hydrogen-bond donors (Lipinski definition) is 0. The van der Waals surface area contributed by atoms with Gasteiger partial charge in [0.1, 0.15) is 5.82 Å². The van der Waals surface area contributed by atoms with Crippen molar-refractivity contribution in [3.8, 4) is 5.82 Å². The second-order valence-corrected chi connectivity index (χ2v) is 7.60. The third-order valence-electron chi connectivity index (χ3n) is 5.40.